The van der Waals surface area contributed by atoms with E-state index in [0.717, 1.165) is 0 Å². The maximum Gasteiger partial charge on any atom is 0.289 e. The van der Waals surface area contributed by atoms with Crippen molar-refractivity contribution in [2.24, 2.45) is 0 Å². The summed E-state index contributed by atoms with van der Waals surface area (Å²) in [5.74, 6) is -2.27. The molecule has 4 nitrogen and oxygen atoms in total. The van der Waals surface area contributed by atoms with Gasteiger partial charge < -0.3 is 14.4 Å². The van der Waals surface area contributed by atoms with E-state index in [4.69, 9.17) is 4.42 Å². The van der Waals surface area contributed by atoms with Crippen LogP contribution >= 0.6 is 11.8 Å². The fourth-order valence-corrected chi connectivity index (χ4v) is 2.44. The number of thioether (sulfide) groups is 1. The number of furan rings is 1. The first-order chi connectivity index (χ1) is 8.87. The van der Waals surface area contributed by atoms with E-state index in [1.807, 2.05) is 0 Å². The van der Waals surface area contributed by atoms with Crippen molar-refractivity contribution in [1.29, 1.82) is 0 Å². The Hall–Kier alpha value is -1.08. The van der Waals surface area contributed by atoms with Crippen LogP contribution in [0, 0.1) is 0 Å². The predicted molar refractivity (Wildman–Crippen MR) is 67.2 cm³/mol. The number of β-amino-alcohol motifs (C(OH)–C–C–N with tert-alkyl or cyclic N) is 1. The van der Waals surface area contributed by atoms with E-state index in [-0.39, 0.29) is 24.0 Å². The minimum Gasteiger partial charge on any atom is -0.455 e. The smallest absolute Gasteiger partial charge is 0.289 e. The van der Waals surface area contributed by atoms with E-state index in [2.05, 4.69) is 0 Å². The molecular formula is C12H15F2NO3S. The molecule has 0 aliphatic carbocycles. The number of halogens is 2. The van der Waals surface area contributed by atoms with Gasteiger partial charge in [-0.2, -0.15) is 8.78 Å². The van der Waals surface area contributed by atoms with E-state index in [1.165, 1.54) is 17.0 Å². The summed E-state index contributed by atoms with van der Waals surface area (Å²) in [7, 11) is 0. The van der Waals surface area contributed by atoms with Crippen molar-refractivity contribution in [2.75, 3.05) is 13.1 Å². The third-order valence-electron chi connectivity index (χ3n) is 2.96. The minimum atomic E-state index is -2.46. The van der Waals surface area contributed by atoms with Crippen LogP contribution in [0.15, 0.2) is 16.5 Å². The van der Waals surface area contributed by atoms with E-state index in [0.29, 0.717) is 30.5 Å². The second-order valence-electron chi connectivity index (χ2n) is 4.81. The van der Waals surface area contributed by atoms with Gasteiger partial charge in [0.2, 0.25) is 0 Å². The van der Waals surface area contributed by atoms with E-state index in [9.17, 15) is 18.7 Å². The molecule has 1 N–H and O–H groups in total. The Morgan fingerprint density at radius 1 is 1.63 bits per heavy atom. The van der Waals surface area contributed by atoms with Gasteiger partial charge in [-0.1, -0.05) is 11.8 Å². The molecule has 0 radical (unpaired) electrons. The molecule has 2 rings (SSSR count). The second kappa shape index (κ2) is 5.50. The summed E-state index contributed by atoms with van der Waals surface area (Å²) in [4.78, 5) is 13.6. The van der Waals surface area contributed by atoms with Gasteiger partial charge in [0.25, 0.3) is 11.7 Å². The summed E-state index contributed by atoms with van der Waals surface area (Å²) in [6.07, 6.45) is 0.521. The van der Waals surface area contributed by atoms with Crippen molar-refractivity contribution in [3.63, 3.8) is 0 Å². The fraction of sp³-hybridized carbons (Fsp3) is 0.583. The van der Waals surface area contributed by atoms with Crippen LogP contribution in [0.25, 0.3) is 0 Å². The first kappa shape index (κ1) is 14.3. The number of hydrogen-bond donors (Lipinski definition) is 1. The van der Waals surface area contributed by atoms with Gasteiger partial charge in [0, 0.05) is 13.1 Å². The number of amides is 1. The highest BCUT2D eigenvalue weighted by Crippen LogP contribution is 2.24. The number of carbonyl (C=O) groups excluding carboxylic acids is 1. The molecule has 1 aliphatic rings. The molecule has 1 aliphatic heterocycles. The molecule has 1 unspecified atom stereocenters. The quantitative estimate of drug-likeness (QED) is 0.925. The van der Waals surface area contributed by atoms with Crippen LogP contribution in [-0.4, -0.2) is 40.4 Å². The van der Waals surface area contributed by atoms with Crippen molar-refractivity contribution in [3.8, 4) is 0 Å². The van der Waals surface area contributed by atoms with Gasteiger partial charge >= 0.3 is 0 Å². The molecule has 1 amide bonds. The van der Waals surface area contributed by atoms with Crippen LogP contribution in [0.5, 0.6) is 0 Å². The maximum absolute atomic E-state index is 12.1. The second-order valence-corrected chi connectivity index (χ2v) is 5.79. The van der Waals surface area contributed by atoms with Crippen LogP contribution in [-0.2, 0) is 5.75 Å². The van der Waals surface area contributed by atoms with Crippen LogP contribution in [0.3, 0.4) is 0 Å². The Morgan fingerprint density at radius 3 is 2.95 bits per heavy atom. The zero-order valence-corrected chi connectivity index (χ0v) is 11.3. The average Bonchev–Trinajstić information content (AvgIpc) is 2.92. The van der Waals surface area contributed by atoms with Crippen molar-refractivity contribution in [2.45, 2.75) is 30.5 Å². The van der Waals surface area contributed by atoms with Crippen LogP contribution in [0.2, 0.25) is 0 Å². The number of rotatable bonds is 4. The molecule has 1 fully saturated rings. The summed E-state index contributed by atoms with van der Waals surface area (Å²) < 4.78 is 29.3. The van der Waals surface area contributed by atoms with Gasteiger partial charge in [-0.15, -0.1) is 0 Å². The summed E-state index contributed by atoms with van der Waals surface area (Å²) >= 11 is 0.449. The number of alkyl halides is 2. The van der Waals surface area contributed by atoms with Crippen molar-refractivity contribution in [3.05, 3.63) is 23.7 Å². The molecule has 1 aromatic heterocycles. The number of hydrogen-bond acceptors (Lipinski definition) is 4. The first-order valence-corrected chi connectivity index (χ1v) is 6.92. The summed E-state index contributed by atoms with van der Waals surface area (Å²) in [5, 5.41) is 9.80. The van der Waals surface area contributed by atoms with Gasteiger partial charge in [0.05, 0.1) is 11.4 Å². The van der Waals surface area contributed by atoms with Crippen LogP contribution in [0.4, 0.5) is 8.78 Å². The highest BCUT2D eigenvalue weighted by molar-refractivity contribution is 7.98. The van der Waals surface area contributed by atoms with Crippen LogP contribution < -0.4 is 0 Å². The third-order valence-corrected chi connectivity index (χ3v) is 3.67. The lowest BCUT2D eigenvalue weighted by Crippen LogP contribution is -2.33. The zero-order valence-electron chi connectivity index (χ0n) is 10.4. The Kier molecular flexibility index (Phi) is 4.15. The first-order valence-electron chi connectivity index (χ1n) is 5.87. The van der Waals surface area contributed by atoms with Gasteiger partial charge in [-0.05, 0) is 25.5 Å². The maximum atomic E-state index is 12.1. The normalized spacial score (nSPS) is 23.3. The molecule has 7 heteroatoms. The predicted octanol–water partition coefficient (Wildman–Crippen LogP) is 2.33. The van der Waals surface area contributed by atoms with Crippen molar-refractivity contribution in [1.82, 2.24) is 4.90 Å². The molecule has 19 heavy (non-hydrogen) atoms. The SMILES string of the molecule is CC1(O)CCN(C(=O)c2ccc(CSC(F)F)o2)C1. The van der Waals surface area contributed by atoms with Gasteiger partial charge in [0.15, 0.2) is 5.76 Å². The monoisotopic (exact) mass is 291 g/mol. The number of likely N-dealkylation sites (tertiary alicyclic amines) is 1. The summed E-state index contributed by atoms with van der Waals surface area (Å²) in [5.41, 5.74) is -0.864. The molecule has 0 bridgehead atoms. The fourth-order valence-electron chi connectivity index (χ4n) is 1.99. The molecule has 1 saturated heterocycles. The Balaban J connectivity index is 1.97. The van der Waals surface area contributed by atoms with Gasteiger partial charge in [0.1, 0.15) is 5.76 Å². The topological polar surface area (TPSA) is 53.7 Å². The van der Waals surface area contributed by atoms with Gasteiger partial charge in [-0.25, -0.2) is 0 Å². The molecule has 1 aromatic rings. The summed E-state index contributed by atoms with van der Waals surface area (Å²) in [6.45, 7) is 2.40. The molecular weight excluding hydrogens is 276 g/mol. The molecule has 0 spiro atoms. The lowest BCUT2D eigenvalue weighted by atomic mass is 10.1. The third kappa shape index (κ3) is 3.70. The van der Waals surface area contributed by atoms with E-state index < -0.39 is 11.4 Å². The van der Waals surface area contributed by atoms with Crippen molar-refractivity contribution < 1.29 is 23.1 Å². The highest BCUT2D eigenvalue weighted by atomic mass is 32.2. The molecule has 106 valence electrons. The van der Waals surface area contributed by atoms with Gasteiger partial charge in [-0.3, -0.25) is 4.79 Å². The lowest BCUT2D eigenvalue weighted by Gasteiger charge is -2.17. The highest BCUT2D eigenvalue weighted by Gasteiger charge is 2.35. The van der Waals surface area contributed by atoms with E-state index >= 15 is 0 Å². The largest absolute Gasteiger partial charge is 0.455 e. The molecule has 2 heterocycles. The Bertz CT molecular complexity index is 462. The number of nitrogens with zero attached hydrogens (tertiary/aromatic N) is 1. The molecule has 0 aromatic carbocycles. The Morgan fingerprint density at radius 2 is 2.37 bits per heavy atom. The standard InChI is InChI=1S/C12H15F2NO3S/c1-12(17)4-5-15(7-12)10(16)9-3-2-8(18-9)6-19-11(13)14/h2-3,11,17H,4-7H2,1H3. The molecule has 1 atom stereocenters. The minimum absolute atomic E-state index is 0.0304. The number of carbonyl (C=O) groups is 1. The average molecular weight is 291 g/mol. The van der Waals surface area contributed by atoms with Crippen LogP contribution in [0.1, 0.15) is 29.7 Å². The lowest BCUT2D eigenvalue weighted by molar-refractivity contribution is 0.0554. The number of aliphatic hydroxyl groups is 1. The molecule has 0 saturated carbocycles. The van der Waals surface area contributed by atoms with Crippen molar-refractivity contribution >= 4 is 17.7 Å². The summed E-state index contributed by atoms with van der Waals surface area (Å²) in [6, 6.07) is 3.01. The Labute approximate surface area is 113 Å². The zero-order chi connectivity index (χ0) is 14.0. The van der Waals surface area contributed by atoms with E-state index in [1.54, 1.807) is 6.92 Å².